The Bertz CT molecular complexity index is 964. The van der Waals surface area contributed by atoms with Gasteiger partial charge in [-0.05, 0) is 18.9 Å². The first kappa shape index (κ1) is 19.0. The second kappa shape index (κ2) is 7.12. The van der Waals surface area contributed by atoms with Crippen LogP contribution < -0.4 is 9.47 Å². The maximum Gasteiger partial charge on any atom is 0.198 e. The smallest absolute Gasteiger partial charge is 0.198 e. The van der Waals surface area contributed by atoms with Crippen molar-refractivity contribution in [1.29, 1.82) is 0 Å². The van der Waals surface area contributed by atoms with Crippen LogP contribution in [0.3, 0.4) is 0 Å². The van der Waals surface area contributed by atoms with Gasteiger partial charge in [0.15, 0.2) is 23.1 Å². The van der Waals surface area contributed by atoms with Crippen LogP contribution in [0.4, 0.5) is 0 Å². The third-order valence-corrected chi connectivity index (χ3v) is 5.00. The standard InChI is InChI=1S/C20H19ClO6/c1-4-5-6-9-14-10(7-13(26-2)20(9)27-3)17(23)15-12(22)8-11(21)18(24)16(15)19(14)25/h7-8,22,24H,4-6H2,1-3H3. The number of methoxy groups -OCH3 is 2. The van der Waals surface area contributed by atoms with E-state index in [0.717, 1.165) is 18.9 Å². The number of hydrogen-bond donors (Lipinski definition) is 2. The third-order valence-electron chi connectivity index (χ3n) is 4.71. The van der Waals surface area contributed by atoms with Crippen molar-refractivity contribution >= 4 is 23.2 Å². The van der Waals surface area contributed by atoms with Gasteiger partial charge in [-0.25, -0.2) is 0 Å². The molecule has 0 bridgehead atoms. The summed E-state index contributed by atoms with van der Waals surface area (Å²) in [5.74, 6) is -1.44. The first-order valence-corrected chi connectivity index (χ1v) is 8.86. The van der Waals surface area contributed by atoms with E-state index in [2.05, 4.69) is 0 Å². The zero-order valence-electron chi connectivity index (χ0n) is 15.2. The molecule has 0 atom stereocenters. The first-order chi connectivity index (χ1) is 12.9. The fraction of sp³-hybridized carbons (Fsp3) is 0.300. The van der Waals surface area contributed by atoms with Gasteiger partial charge in [0.25, 0.3) is 0 Å². The monoisotopic (exact) mass is 390 g/mol. The zero-order valence-corrected chi connectivity index (χ0v) is 15.9. The number of phenols is 2. The lowest BCUT2D eigenvalue weighted by molar-refractivity contribution is 0.0972. The van der Waals surface area contributed by atoms with E-state index in [0.29, 0.717) is 23.5 Å². The number of carbonyl (C=O) groups is 2. The van der Waals surface area contributed by atoms with Crippen molar-refractivity contribution in [2.24, 2.45) is 0 Å². The van der Waals surface area contributed by atoms with E-state index in [-0.39, 0.29) is 27.3 Å². The molecule has 1 aliphatic carbocycles. The summed E-state index contributed by atoms with van der Waals surface area (Å²) >= 11 is 5.90. The summed E-state index contributed by atoms with van der Waals surface area (Å²) in [6.45, 7) is 2.00. The van der Waals surface area contributed by atoms with Crippen molar-refractivity contribution in [2.45, 2.75) is 26.2 Å². The average Bonchev–Trinajstić information content (AvgIpc) is 2.65. The predicted octanol–water partition coefficient (Wildman–Crippen LogP) is 3.89. The fourth-order valence-corrected chi connectivity index (χ4v) is 3.63. The van der Waals surface area contributed by atoms with Crippen LogP contribution in [-0.2, 0) is 6.42 Å². The summed E-state index contributed by atoms with van der Waals surface area (Å²) < 4.78 is 10.8. The SMILES string of the molecule is CCCCc1c(OC)c(OC)cc2c1C(=O)c1c(O)c(Cl)cc(O)c1C2=O. The van der Waals surface area contributed by atoms with Crippen molar-refractivity contribution < 1.29 is 29.3 Å². The van der Waals surface area contributed by atoms with Crippen LogP contribution in [0.1, 0.15) is 57.2 Å². The summed E-state index contributed by atoms with van der Waals surface area (Å²) in [4.78, 5) is 26.3. The van der Waals surface area contributed by atoms with Crippen LogP contribution in [0.15, 0.2) is 12.1 Å². The molecule has 0 saturated heterocycles. The highest BCUT2D eigenvalue weighted by atomic mass is 35.5. The van der Waals surface area contributed by atoms with Crippen LogP contribution in [0, 0.1) is 0 Å². The zero-order chi connectivity index (χ0) is 19.9. The number of ketones is 2. The molecular weight excluding hydrogens is 372 g/mol. The second-order valence-corrected chi connectivity index (χ2v) is 6.66. The maximum atomic E-state index is 13.3. The summed E-state index contributed by atoms with van der Waals surface area (Å²) in [6, 6.07) is 2.47. The molecule has 7 heteroatoms. The molecule has 142 valence electrons. The largest absolute Gasteiger partial charge is 0.507 e. The van der Waals surface area contributed by atoms with E-state index in [9.17, 15) is 19.8 Å². The molecule has 0 spiro atoms. The molecule has 2 aromatic carbocycles. The van der Waals surface area contributed by atoms with Gasteiger partial charge in [-0.2, -0.15) is 0 Å². The minimum Gasteiger partial charge on any atom is -0.507 e. The summed E-state index contributed by atoms with van der Waals surface area (Å²) in [6.07, 6.45) is 2.11. The van der Waals surface area contributed by atoms with Gasteiger partial charge >= 0.3 is 0 Å². The van der Waals surface area contributed by atoms with Gasteiger partial charge in [-0.3, -0.25) is 9.59 Å². The molecule has 0 aliphatic heterocycles. The van der Waals surface area contributed by atoms with Gasteiger partial charge in [0.1, 0.15) is 11.5 Å². The van der Waals surface area contributed by atoms with Crippen molar-refractivity contribution in [3.05, 3.63) is 45.0 Å². The number of carbonyl (C=O) groups excluding carboxylic acids is 2. The van der Waals surface area contributed by atoms with Gasteiger partial charge in [-0.1, -0.05) is 24.9 Å². The number of unbranched alkanes of at least 4 members (excludes halogenated alkanes) is 1. The number of ether oxygens (including phenoxy) is 2. The summed E-state index contributed by atoms with van der Waals surface area (Å²) in [5, 5.41) is 20.3. The molecule has 0 unspecified atom stereocenters. The Morgan fingerprint density at radius 3 is 2.30 bits per heavy atom. The number of aromatic hydroxyl groups is 2. The molecule has 0 amide bonds. The van der Waals surface area contributed by atoms with Gasteiger partial charge in [0.05, 0.1) is 30.4 Å². The van der Waals surface area contributed by atoms with Gasteiger partial charge in [0, 0.05) is 22.8 Å². The molecule has 6 nitrogen and oxygen atoms in total. The van der Waals surface area contributed by atoms with Crippen LogP contribution >= 0.6 is 11.6 Å². The topological polar surface area (TPSA) is 93.1 Å². The van der Waals surface area contributed by atoms with E-state index in [1.165, 1.54) is 20.3 Å². The van der Waals surface area contributed by atoms with E-state index >= 15 is 0 Å². The fourth-order valence-electron chi connectivity index (χ4n) is 3.44. The van der Waals surface area contributed by atoms with Crippen LogP contribution in [0.25, 0.3) is 0 Å². The van der Waals surface area contributed by atoms with Crippen molar-refractivity contribution in [2.75, 3.05) is 14.2 Å². The van der Waals surface area contributed by atoms with E-state index in [1.807, 2.05) is 6.92 Å². The molecular formula is C20H19ClO6. The quantitative estimate of drug-likeness (QED) is 0.642. The molecule has 1 aliphatic rings. The Labute approximate surface area is 161 Å². The predicted molar refractivity (Wildman–Crippen MR) is 99.8 cm³/mol. The Kier molecular flexibility index (Phi) is 5.02. The van der Waals surface area contributed by atoms with Gasteiger partial charge in [0.2, 0.25) is 0 Å². The Morgan fingerprint density at radius 1 is 1.00 bits per heavy atom. The number of hydrogen-bond acceptors (Lipinski definition) is 6. The van der Waals surface area contributed by atoms with Gasteiger partial charge < -0.3 is 19.7 Å². The summed E-state index contributed by atoms with van der Waals surface area (Å²) in [5.41, 5.74) is 0.242. The highest BCUT2D eigenvalue weighted by Crippen LogP contribution is 2.46. The highest BCUT2D eigenvalue weighted by molar-refractivity contribution is 6.36. The third kappa shape index (κ3) is 2.80. The highest BCUT2D eigenvalue weighted by Gasteiger charge is 2.39. The lowest BCUT2D eigenvalue weighted by Gasteiger charge is -2.25. The molecule has 0 heterocycles. The van der Waals surface area contributed by atoms with Crippen molar-refractivity contribution in [3.8, 4) is 23.0 Å². The van der Waals surface area contributed by atoms with Crippen LogP contribution in [-0.4, -0.2) is 36.0 Å². The maximum absolute atomic E-state index is 13.3. The van der Waals surface area contributed by atoms with Crippen LogP contribution in [0.5, 0.6) is 23.0 Å². The Balaban J connectivity index is 2.39. The Morgan fingerprint density at radius 2 is 1.70 bits per heavy atom. The summed E-state index contributed by atoms with van der Waals surface area (Å²) in [7, 11) is 2.91. The van der Waals surface area contributed by atoms with E-state index < -0.39 is 23.1 Å². The van der Waals surface area contributed by atoms with E-state index in [1.54, 1.807) is 0 Å². The number of fused-ring (bicyclic) bond motifs is 2. The molecule has 0 saturated carbocycles. The minimum atomic E-state index is -0.582. The normalized spacial score (nSPS) is 12.6. The molecule has 0 radical (unpaired) electrons. The number of phenolic OH excluding ortho intramolecular Hbond substituents is 2. The lowest BCUT2D eigenvalue weighted by atomic mass is 9.79. The Hall–Kier alpha value is -2.73. The van der Waals surface area contributed by atoms with Crippen molar-refractivity contribution in [1.82, 2.24) is 0 Å². The van der Waals surface area contributed by atoms with E-state index in [4.69, 9.17) is 21.1 Å². The lowest BCUT2D eigenvalue weighted by Crippen LogP contribution is -2.24. The number of rotatable bonds is 5. The molecule has 27 heavy (non-hydrogen) atoms. The number of benzene rings is 2. The molecule has 0 fully saturated rings. The number of halogens is 1. The first-order valence-electron chi connectivity index (χ1n) is 8.48. The molecule has 2 aromatic rings. The second-order valence-electron chi connectivity index (χ2n) is 6.25. The average molecular weight is 391 g/mol. The molecule has 3 rings (SSSR count). The van der Waals surface area contributed by atoms with Gasteiger partial charge in [-0.15, -0.1) is 0 Å². The minimum absolute atomic E-state index is 0.105. The van der Waals surface area contributed by atoms with Crippen LogP contribution in [0.2, 0.25) is 5.02 Å². The molecule has 2 N–H and O–H groups in total. The molecule has 0 aromatic heterocycles. The van der Waals surface area contributed by atoms with Crippen molar-refractivity contribution in [3.63, 3.8) is 0 Å².